The molecule has 0 saturated carbocycles. The molecule has 0 saturated heterocycles. The van der Waals surface area contributed by atoms with Crippen molar-refractivity contribution in [3.63, 3.8) is 0 Å². The van der Waals surface area contributed by atoms with Crippen molar-refractivity contribution in [3.8, 4) is 0 Å². The molecule has 7 rings (SSSR count). The van der Waals surface area contributed by atoms with Crippen LogP contribution in [0.3, 0.4) is 0 Å². The maximum absolute atomic E-state index is 2.64. The zero-order chi connectivity index (χ0) is 26.7. The van der Waals surface area contributed by atoms with Gasteiger partial charge in [-0.25, -0.2) is 4.57 Å². The molecule has 0 fully saturated rings. The molecular formula is C36H37N2+. The van der Waals surface area contributed by atoms with Gasteiger partial charge in [-0.2, -0.15) is 0 Å². The predicted molar refractivity (Wildman–Crippen MR) is 164 cm³/mol. The maximum Gasteiger partial charge on any atom is 0.224 e. The molecule has 190 valence electrons. The summed E-state index contributed by atoms with van der Waals surface area (Å²) in [6.07, 6.45) is 3.30. The first-order valence-electron chi connectivity index (χ1n) is 13.9. The molecule has 0 aliphatic rings. The van der Waals surface area contributed by atoms with Gasteiger partial charge in [0.2, 0.25) is 5.52 Å². The Bertz CT molecular complexity index is 2070. The summed E-state index contributed by atoms with van der Waals surface area (Å²) in [6.45, 7) is 16.5. The topological polar surface area (TPSA) is 8.29 Å². The SMILES string of the molecule is Cc1c2ccccc2c(C(C)(C)C)c2c1c1c3c(cc[n+]1C)cc(CC(C)(C)C)c1c4ccccc4n2c13. The van der Waals surface area contributed by atoms with E-state index in [0.29, 0.717) is 0 Å². The first-order valence-corrected chi connectivity index (χ1v) is 13.9. The highest BCUT2D eigenvalue weighted by Gasteiger charge is 2.31. The first-order chi connectivity index (χ1) is 18.0. The fourth-order valence-electron chi connectivity index (χ4n) is 7.20. The Morgan fingerprint density at radius 1 is 0.737 bits per heavy atom. The van der Waals surface area contributed by atoms with Crippen LogP contribution in [0.2, 0.25) is 0 Å². The number of hydrogen-bond donors (Lipinski definition) is 0. The van der Waals surface area contributed by atoms with Gasteiger partial charge in [0, 0.05) is 16.8 Å². The van der Waals surface area contributed by atoms with E-state index in [9.17, 15) is 0 Å². The van der Waals surface area contributed by atoms with Crippen LogP contribution in [0.25, 0.3) is 59.8 Å². The number of benzene rings is 4. The fourth-order valence-corrected chi connectivity index (χ4v) is 7.20. The van der Waals surface area contributed by atoms with E-state index in [1.807, 2.05) is 0 Å². The average molecular weight is 498 g/mol. The van der Waals surface area contributed by atoms with E-state index in [1.165, 1.54) is 76.5 Å². The summed E-state index contributed by atoms with van der Waals surface area (Å²) in [4.78, 5) is 0. The van der Waals surface area contributed by atoms with Crippen molar-refractivity contribution in [1.82, 2.24) is 4.40 Å². The summed E-state index contributed by atoms with van der Waals surface area (Å²) in [5, 5.41) is 9.60. The lowest BCUT2D eigenvalue weighted by Crippen LogP contribution is -2.29. The number of aromatic nitrogens is 2. The number of fused-ring (bicyclic) bond motifs is 7. The molecule has 0 N–H and O–H groups in total. The predicted octanol–water partition coefficient (Wildman–Crippen LogP) is 9.16. The minimum atomic E-state index is -0.0396. The van der Waals surface area contributed by atoms with Crippen molar-refractivity contribution in [2.24, 2.45) is 12.5 Å². The van der Waals surface area contributed by atoms with Crippen LogP contribution in [0.15, 0.2) is 66.9 Å². The fraction of sp³-hybridized carbons (Fsp3) is 0.306. The molecule has 0 atom stereocenters. The highest BCUT2D eigenvalue weighted by Crippen LogP contribution is 2.47. The lowest BCUT2D eigenvalue weighted by Gasteiger charge is -2.27. The molecule has 3 aromatic heterocycles. The van der Waals surface area contributed by atoms with Gasteiger partial charge in [0.15, 0.2) is 6.20 Å². The van der Waals surface area contributed by atoms with Crippen molar-refractivity contribution in [2.45, 2.75) is 60.3 Å². The number of pyridine rings is 2. The van der Waals surface area contributed by atoms with Crippen molar-refractivity contribution in [2.75, 3.05) is 0 Å². The van der Waals surface area contributed by atoms with E-state index in [2.05, 4.69) is 131 Å². The van der Waals surface area contributed by atoms with Crippen LogP contribution in [0, 0.1) is 12.3 Å². The summed E-state index contributed by atoms with van der Waals surface area (Å²) in [5.74, 6) is 0. The molecule has 7 aromatic rings. The lowest BCUT2D eigenvalue weighted by atomic mass is 9.79. The van der Waals surface area contributed by atoms with E-state index in [0.717, 1.165) is 6.42 Å². The molecule has 0 aliphatic carbocycles. The van der Waals surface area contributed by atoms with E-state index in [-0.39, 0.29) is 10.8 Å². The van der Waals surface area contributed by atoms with Gasteiger partial charge in [-0.05, 0) is 69.2 Å². The Morgan fingerprint density at radius 2 is 1.39 bits per heavy atom. The molecular weight excluding hydrogens is 460 g/mol. The highest BCUT2D eigenvalue weighted by atomic mass is 15.0. The van der Waals surface area contributed by atoms with Crippen molar-refractivity contribution < 1.29 is 4.57 Å². The average Bonchev–Trinajstić information content (AvgIpc) is 3.19. The molecule has 0 bridgehead atoms. The van der Waals surface area contributed by atoms with Gasteiger partial charge in [0.05, 0.1) is 27.3 Å². The third kappa shape index (κ3) is 3.04. The van der Waals surface area contributed by atoms with Crippen LogP contribution >= 0.6 is 0 Å². The number of aryl methyl sites for hydroxylation is 2. The van der Waals surface area contributed by atoms with Gasteiger partial charge in [0.25, 0.3) is 0 Å². The molecule has 0 unspecified atom stereocenters. The van der Waals surface area contributed by atoms with Crippen LogP contribution in [0.5, 0.6) is 0 Å². The van der Waals surface area contributed by atoms with E-state index >= 15 is 0 Å². The molecule has 0 aliphatic heterocycles. The second-order valence-electron chi connectivity index (χ2n) is 13.6. The number of rotatable bonds is 1. The number of para-hydroxylation sites is 1. The van der Waals surface area contributed by atoms with Crippen LogP contribution in [-0.2, 0) is 18.9 Å². The molecule has 3 heterocycles. The molecule has 38 heavy (non-hydrogen) atoms. The summed E-state index contributed by atoms with van der Waals surface area (Å²) >= 11 is 0. The van der Waals surface area contributed by atoms with Crippen LogP contribution in [0.1, 0.15) is 58.2 Å². The Hall–Kier alpha value is -3.65. The van der Waals surface area contributed by atoms with Gasteiger partial charge in [-0.1, -0.05) is 84.0 Å². The molecule has 0 spiro atoms. The van der Waals surface area contributed by atoms with E-state index in [4.69, 9.17) is 0 Å². The van der Waals surface area contributed by atoms with Gasteiger partial charge in [-0.15, -0.1) is 0 Å². The van der Waals surface area contributed by atoms with Crippen molar-refractivity contribution in [3.05, 3.63) is 83.6 Å². The first kappa shape index (κ1) is 23.5. The summed E-state index contributed by atoms with van der Waals surface area (Å²) < 4.78 is 5.00. The maximum atomic E-state index is 2.64. The molecule has 0 amide bonds. The van der Waals surface area contributed by atoms with Gasteiger partial charge >= 0.3 is 0 Å². The van der Waals surface area contributed by atoms with Crippen LogP contribution in [0.4, 0.5) is 0 Å². The quantitative estimate of drug-likeness (QED) is 0.121. The van der Waals surface area contributed by atoms with Gasteiger partial charge in [0.1, 0.15) is 7.05 Å². The number of nitrogens with zero attached hydrogens (tertiary/aromatic N) is 2. The summed E-state index contributed by atoms with van der Waals surface area (Å²) in [7, 11) is 2.22. The minimum Gasteiger partial charge on any atom is -0.307 e. The zero-order valence-electron chi connectivity index (χ0n) is 24.0. The monoisotopic (exact) mass is 497 g/mol. The Kier molecular flexibility index (Phi) is 4.61. The standard InChI is InChI=1S/C36H37N2/c1-21-24-13-9-10-14-25(24)31(36(5,6)7)34-28(21)32-30-22(17-18-37(32)8)19-23(20-35(2,3)4)29-26-15-11-12-16-27(26)38(34)33(29)30/h9-19H,20H2,1-8H3/q+1. The molecule has 2 heteroatoms. The lowest BCUT2D eigenvalue weighted by molar-refractivity contribution is -0.643. The summed E-state index contributed by atoms with van der Waals surface area (Å²) in [6, 6.07) is 22.9. The van der Waals surface area contributed by atoms with E-state index in [1.54, 1.807) is 0 Å². The van der Waals surface area contributed by atoms with E-state index < -0.39 is 0 Å². The third-order valence-electron chi connectivity index (χ3n) is 8.50. The smallest absolute Gasteiger partial charge is 0.224 e. The second-order valence-corrected chi connectivity index (χ2v) is 13.6. The molecule has 4 aromatic carbocycles. The Morgan fingerprint density at radius 3 is 2.08 bits per heavy atom. The Balaban J connectivity index is 1.94. The zero-order valence-corrected chi connectivity index (χ0v) is 24.0. The number of hydrogen-bond acceptors (Lipinski definition) is 0. The normalized spacial score (nSPS) is 13.4. The Labute approximate surface area is 224 Å². The van der Waals surface area contributed by atoms with Gasteiger partial charge in [-0.3, -0.25) is 0 Å². The highest BCUT2D eigenvalue weighted by molar-refractivity contribution is 6.29. The molecule has 2 nitrogen and oxygen atoms in total. The molecule has 0 radical (unpaired) electrons. The van der Waals surface area contributed by atoms with Crippen LogP contribution in [-0.4, -0.2) is 4.40 Å². The van der Waals surface area contributed by atoms with Crippen LogP contribution < -0.4 is 4.57 Å². The second kappa shape index (κ2) is 7.47. The largest absolute Gasteiger partial charge is 0.307 e. The minimum absolute atomic E-state index is 0.0396. The van der Waals surface area contributed by atoms with Gasteiger partial charge < -0.3 is 4.40 Å². The third-order valence-corrected chi connectivity index (χ3v) is 8.50. The van der Waals surface area contributed by atoms with Crippen molar-refractivity contribution >= 4 is 59.8 Å². The van der Waals surface area contributed by atoms with Crippen molar-refractivity contribution in [1.29, 1.82) is 0 Å². The summed E-state index contributed by atoms with van der Waals surface area (Å²) in [5.41, 5.74) is 9.79.